The Bertz CT molecular complexity index is 991. The van der Waals surface area contributed by atoms with Crippen LogP contribution >= 0.6 is 0 Å². The standard InChI is InChI=1S/C26H33N3O4/c1-18-14-29(17-21(30)16-28-11-9-19-4-2-3-5-20(19)15-28)26(31)24-7-6-22(12-25(24)32-18)33-23-8-10-27-13-23/h2-7,12,18,21,23,27,30H,8-11,13-17H2,1H3/t18-,21?,23-/m1/s1. The van der Waals surface area contributed by atoms with Crippen LogP contribution in [0.4, 0.5) is 0 Å². The summed E-state index contributed by atoms with van der Waals surface area (Å²) in [5.41, 5.74) is 3.24. The zero-order valence-electron chi connectivity index (χ0n) is 19.2. The fraction of sp³-hybridized carbons (Fsp3) is 0.500. The summed E-state index contributed by atoms with van der Waals surface area (Å²) in [6, 6.07) is 13.9. The molecular weight excluding hydrogens is 418 g/mol. The third-order valence-corrected chi connectivity index (χ3v) is 6.70. The van der Waals surface area contributed by atoms with E-state index in [9.17, 15) is 9.90 Å². The minimum atomic E-state index is -0.620. The normalized spacial score (nSPS) is 23.9. The number of nitrogens with one attached hydrogen (secondary N) is 1. The van der Waals surface area contributed by atoms with Gasteiger partial charge >= 0.3 is 0 Å². The zero-order valence-corrected chi connectivity index (χ0v) is 19.2. The van der Waals surface area contributed by atoms with Crippen LogP contribution in [0.1, 0.15) is 34.8 Å². The molecule has 3 heterocycles. The van der Waals surface area contributed by atoms with E-state index in [1.54, 1.807) is 11.0 Å². The van der Waals surface area contributed by atoms with Crippen molar-refractivity contribution < 1.29 is 19.4 Å². The maximum atomic E-state index is 13.3. The molecule has 2 aromatic carbocycles. The van der Waals surface area contributed by atoms with Crippen LogP contribution in [0.25, 0.3) is 0 Å². The van der Waals surface area contributed by atoms with Gasteiger partial charge in [0.05, 0.1) is 18.2 Å². The Hall–Kier alpha value is -2.61. The Labute approximate surface area is 195 Å². The highest BCUT2D eigenvalue weighted by Gasteiger charge is 2.30. The molecule has 3 aliphatic rings. The molecule has 0 spiro atoms. The van der Waals surface area contributed by atoms with Gasteiger partial charge in [-0.25, -0.2) is 0 Å². The largest absolute Gasteiger partial charge is 0.489 e. The van der Waals surface area contributed by atoms with Crippen LogP contribution in [0.15, 0.2) is 42.5 Å². The fourth-order valence-corrected chi connectivity index (χ4v) is 5.07. The van der Waals surface area contributed by atoms with Crippen molar-refractivity contribution in [2.75, 3.05) is 39.3 Å². The number of carbonyl (C=O) groups excluding carboxylic acids is 1. The van der Waals surface area contributed by atoms with Gasteiger partial charge in [0.1, 0.15) is 23.7 Å². The quantitative estimate of drug-likeness (QED) is 0.701. The number of hydrogen-bond donors (Lipinski definition) is 2. The molecule has 2 aromatic rings. The third kappa shape index (κ3) is 5.16. The van der Waals surface area contributed by atoms with E-state index < -0.39 is 6.10 Å². The topological polar surface area (TPSA) is 74.3 Å². The molecule has 7 heteroatoms. The molecule has 1 fully saturated rings. The Morgan fingerprint density at radius 2 is 2.06 bits per heavy atom. The molecule has 1 unspecified atom stereocenters. The van der Waals surface area contributed by atoms with Gasteiger partial charge in [-0.1, -0.05) is 24.3 Å². The third-order valence-electron chi connectivity index (χ3n) is 6.70. The first-order valence-corrected chi connectivity index (χ1v) is 12.0. The number of aliphatic hydroxyl groups is 1. The molecule has 2 N–H and O–H groups in total. The molecular formula is C26H33N3O4. The van der Waals surface area contributed by atoms with E-state index in [2.05, 4.69) is 34.5 Å². The van der Waals surface area contributed by atoms with Crippen molar-refractivity contribution in [2.24, 2.45) is 0 Å². The molecule has 1 amide bonds. The Balaban J connectivity index is 1.23. The van der Waals surface area contributed by atoms with E-state index in [1.807, 2.05) is 19.1 Å². The summed E-state index contributed by atoms with van der Waals surface area (Å²) in [5.74, 6) is 1.17. The van der Waals surface area contributed by atoms with Crippen molar-refractivity contribution in [3.63, 3.8) is 0 Å². The highest BCUT2D eigenvalue weighted by Crippen LogP contribution is 2.30. The second-order valence-electron chi connectivity index (χ2n) is 9.44. The van der Waals surface area contributed by atoms with Gasteiger partial charge < -0.3 is 24.8 Å². The number of amides is 1. The van der Waals surface area contributed by atoms with Crippen molar-refractivity contribution in [3.8, 4) is 11.5 Å². The second-order valence-corrected chi connectivity index (χ2v) is 9.44. The van der Waals surface area contributed by atoms with Gasteiger partial charge in [0.25, 0.3) is 5.91 Å². The smallest absolute Gasteiger partial charge is 0.257 e. The van der Waals surface area contributed by atoms with Gasteiger partial charge in [-0.15, -0.1) is 0 Å². The van der Waals surface area contributed by atoms with Crippen LogP contribution in [-0.4, -0.2) is 78.4 Å². The Morgan fingerprint density at radius 3 is 2.88 bits per heavy atom. The number of fused-ring (bicyclic) bond motifs is 2. The molecule has 0 aliphatic carbocycles. The molecule has 0 radical (unpaired) electrons. The number of carbonyl (C=O) groups is 1. The average molecular weight is 452 g/mol. The summed E-state index contributed by atoms with van der Waals surface area (Å²) in [6.07, 6.45) is 1.32. The van der Waals surface area contributed by atoms with Crippen molar-refractivity contribution >= 4 is 5.91 Å². The first kappa shape index (κ1) is 22.2. The molecule has 33 heavy (non-hydrogen) atoms. The molecule has 7 nitrogen and oxygen atoms in total. The van der Waals surface area contributed by atoms with Crippen LogP contribution < -0.4 is 14.8 Å². The van der Waals surface area contributed by atoms with E-state index in [4.69, 9.17) is 9.47 Å². The summed E-state index contributed by atoms with van der Waals surface area (Å²) in [5, 5.41) is 14.1. The van der Waals surface area contributed by atoms with Gasteiger partial charge in [-0.05, 0) is 49.6 Å². The maximum Gasteiger partial charge on any atom is 0.257 e. The van der Waals surface area contributed by atoms with Gasteiger partial charge in [-0.3, -0.25) is 9.69 Å². The average Bonchev–Trinajstić information content (AvgIpc) is 3.27. The molecule has 176 valence electrons. The molecule has 1 saturated heterocycles. The minimum absolute atomic E-state index is 0.105. The van der Waals surface area contributed by atoms with E-state index in [0.29, 0.717) is 24.4 Å². The molecule has 0 bridgehead atoms. The second kappa shape index (κ2) is 9.71. The highest BCUT2D eigenvalue weighted by atomic mass is 16.5. The molecule has 0 aromatic heterocycles. The van der Waals surface area contributed by atoms with E-state index in [1.165, 1.54) is 11.1 Å². The number of β-amino-alcohol motifs (C(OH)–C–C–N with tert-alkyl or cyclic N) is 1. The molecule has 5 rings (SSSR count). The zero-order chi connectivity index (χ0) is 22.8. The summed E-state index contributed by atoms with van der Waals surface area (Å²) < 4.78 is 12.1. The summed E-state index contributed by atoms with van der Waals surface area (Å²) in [6.45, 7) is 6.78. The van der Waals surface area contributed by atoms with Gasteiger partial charge in [-0.2, -0.15) is 0 Å². The number of ether oxygens (including phenoxy) is 2. The number of hydrogen-bond acceptors (Lipinski definition) is 6. The predicted molar refractivity (Wildman–Crippen MR) is 126 cm³/mol. The first-order valence-electron chi connectivity index (χ1n) is 12.0. The van der Waals surface area contributed by atoms with Crippen LogP contribution in [0.2, 0.25) is 0 Å². The van der Waals surface area contributed by atoms with E-state index in [0.717, 1.165) is 44.8 Å². The van der Waals surface area contributed by atoms with Crippen molar-refractivity contribution in [2.45, 2.75) is 44.6 Å². The highest BCUT2D eigenvalue weighted by molar-refractivity contribution is 5.97. The lowest BCUT2D eigenvalue weighted by Gasteiger charge is -2.32. The lowest BCUT2D eigenvalue weighted by atomic mass is 10.00. The first-order chi connectivity index (χ1) is 16.0. The van der Waals surface area contributed by atoms with E-state index >= 15 is 0 Å². The van der Waals surface area contributed by atoms with Crippen molar-refractivity contribution in [3.05, 3.63) is 59.2 Å². The van der Waals surface area contributed by atoms with E-state index in [-0.39, 0.29) is 24.7 Å². The Morgan fingerprint density at radius 1 is 1.21 bits per heavy atom. The SMILES string of the molecule is C[C@@H]1CN(CC(O)CN2CCc3ccccc3C2)C(=O)c2ccc(O[C@@H]3CCNC3)cc2O1. The van der Waals surface area contributed by atoms with Crippen LogP contribution in [0, 0.1) is 0 Å². The Kier molecular flexibility index (Phi) is 6.53. The minimum Gasteiger partial charge on any atom is -0.489 e. The van der Waals surface area contributed by atoms with Gasteiger partial charge in [0, 0.05) is 38.8 Å². The molecule has 3 atom stereocenters. The predicted octanol–water partition coefficient (Wildman–Crippen LogP) is 2.07. The fourth-order valence-electron chi connectivity index (χ4n) is 5.07. The van der Waals surface area contributed by atoms with Gasteiger partial charge in [0.2, 0.25) is 0 Å². The summed E-state index contributed by atoms with van der Waals surface area (Å²) in [7, 11) is 0. The van der Waals surface area contributed by atoms with Gasteiger partial charge in [0.15, 0.2) is 0 Å². The van der Waals surface area contributed by atoms with Crippen molar-refractivity contribution in [1.29, 1.82) is 0 Å². The monoisotopic (exact) mass is 451 g/mol. The lowest BCUT2D eigenvalue weighted by molar-refractivity contribution is 0.0454. The number of aliphatic hydroxyl groups excluding tert-OH is 1. The molecule has 0 saturated carbocycles. The maximum absolute atomic E-state index is 13.3. The summed E-state index contributed by atoms with van der Waals surface area (Å²) >= 11 is 0. The van der Waals surface area contributed by atoms with Crippen LogP contribution in [0.5, 0.6) is 11.5 Å². The summed E-state index contributed by atoms with van der Waals surface area (Å²) in [4.78, 5) is 17.3. The number of benzene rings is 2. The number of nitrogens with zero attached hydrogens (tertiary/aromatic N) is 2. The van der Waals surface area contributed by atoms with Crippen LogP contribution in [-0.2, 0) is 13.0 Å². The molecule has 3 aliphatic heterocycles. The van der Waals surface area contributed by atoms with Crippen molar-refractivity contribution in [1.82, 2.24) is 15.1 Å². The lowest BCUT2D eigenvalue weighted by Crippen LogP contribution is -2.45. The van der Waals surface area contributed by atoms with Crippen LogP contribution in [0.3, 0.4) is 0 Å². The number of rotatable bonds is 6.